The predicted molar refractivity (Wildman–Crippen MR) is 89.8 cm³/mol. The molecule has 5 nitrogen and oxygen atoms in total. The summed E-state index contributed by atoms with van der Waals surface area (Å²) in [4.78, 5) is 10.5. The summed E-state index contributed by atoms with van der Waals surface area (Å²) in [7, 11) is 0. The van der Waals surface area contributed by atoms with Crippen molar-refractivity contribution in [2.75, 3.05) is 29.0 Å². The van der Waals surface area contributed by atoms with Crippen molar-refractivity contribution in [1.82, 2.24) is 9.97 Å². The lowest BCUT2D eigenvalue weighted by Gasteiger charge is -2.22. The van der Waals surface area contributed by atoms with Gasteiger partial charge in [-0.1, -0.05) is 23.2 Å². The first-order valence-corrected chi connectivity index (χ1v) is 7.39. The van der Waals surface area contributed by atoms with Gasteiger partial charge in [-0.2, -0.15) is 0 Å². The van der Waals surface area contributed by atoms with Crippen LogP contribution < -0.4 is 16.0 Å². The van der Waals surface area contributed by atoms with E-state index in [2.05, 4.69) is 20.2 Å². The number of rotatable bonds is 5. The summed E-state index contributed by atoms with van der Waals surface area (Å²) in [5, 5.41) is 4.23. The Bertz CT molecular complexity index is 629. The standard InChI is InChI=1S/C14H17Cl2N5/c1-3-21(4-2)14-12(17)13(18-8-19-14)20-11-7-9(15)5-6-10(11)16/h5-8H,3-4,17H2,1-2H3,(H,18,19,20). The molecular weight excluding hydrogens is 309 g/mol. The highest BCUT2D eigenvalue weighted by Crippen LogP contribution is 2.32. The summed E-state index contributed by atoms with van der Waals surface area (Å²) in [6, 6.07) is 5.16. The van der Waals surface area contributed by atoms with Gasteiger partial charge in [-0.05, 0) is 32.0 Å². The molecule has 1 aromatic carbocycles. The average molecular weight is 326 g/mol. The molecule has 2 rings (SSSR count). The van der Waals surface area contributed by atoms with Gasteiger partial charge in [0.25, 0.3) is 0 Å². The van der Waals surface area contributed by atoms with Crippen LogP contribution in [0.3, 0.4) is 0 Å². The van der Waals surface area contributed by atoms with Gasteiger partial charge in [0, 0.05) is 18.1 Å². The van der Waals surface area contributed by atoms with Gasteiger partial charge in [-0.25, -0.2) is 9.97 Å². The molecule has 1 heterocycles. The first-order valence-electron chi connectivity index (χ1n) is 6.64. The molecule has 0 bridgehead atoms. The van der Waals surface area contributed by atoms with Crippen LogP contribution in [0.4, 0.5) is 23.0 Å². The molecule has 112 valence electrons. The lowest BCUT2D eigenvalue weighted by atomic mass is 10.3. The van der Waals surface area contributed by atoms with Crippen molar-refractivity contribution in [2.24, 2.45) is 0 Å². The zero-order valence-electron chi connectivity index (χ0n) is 11.9. The number of hydrogen-bond donors (Lipinski definition) is 2. The second-order valence-corrected chi connectivity index (χ2v) is 5.22. The van der Waals surface area contributed by atoms with Crippen molar-refractivity contribution >= 4 is 46.2 Å². The minimum Gasteiger partial charge on any atom is -0.393 e. The van der Waals surface area contributed by atoms with Crippen molar-refractivity contribution in [1.29, 1.82) is 0 Å². The summed E-state index contributed by atoms with van der Waals surface area (Å²) >= 11 is 12.1. The zero-order chi connectivity index (χ0) is 15.4. The van der Waals surface area contributed by atoms with Crippen LogP contribution in [0.2, 0.25) is 10.0 Å². The smallest absolute Gasteiger partial charge is 0.159 e. The normalized spacial score (nSPS) is 10.5. The molecule has 0 radical (unpaired) electrons. The van der Waals surface area contributed by atoms with Gasteiger partial charge in [0.05, 0.1) is 10.7 Å². The Balaban J connectivity index is 2.37. The number of nitrogens with one attached hydrogen (secondary N) is 1. The van der Waals surface area contributed by atoms with Crippen LogP contribution in [0, 0.1) is 0 Å². The Labute approximate surface area is 134 Å². The maximum absolute atomic E-state index is 6.17. The fraction of sp³-hybridized carbons (Fsp3) is 0.286. The highest BCUT2D eigenvalue weighted by atomic mass is 35.5. The van der Waals surface area contributed by atoms with Gasteiger partial charge in [-0.15, -0.1) is 0 Å². The van der Waals surface area contributed by atoms with E-state index in [1.165, 1.54) is 6.33 Å². The van der Waals surface area contributed by atoms with Crippen LogP contribution in [0.5, 0.6) is 0 Å². The van der Waals surface area contributed by atoms with E-state index < -0.39 is 0 Å². The largest absolute Gasteiger partial charge is 0.393 e. The Kier molecular flexibility index (Phi) is 5.09. The SMILES string of the molecule is CCN(CC)c1ncnc(Nc2cc(Cl)ccc2Cl)c1N. The topological polar surface area (TPSA) is 67.1 Å². The van der Waals surface area contributed by atoms with Crippen LogP contribution in [0.25, 0.3) is 0 Å². The third kappa shape index (κ3) is 3.49. The van der Waals surface area contributed by atoms with Gasteiger partial charge in [0.1, 0.15) is 12.0 Å². The Morgan fingerprint density at radius 1 is 1.19 bits per heavy atom. The molecule has 0 spiro atoms. The van der Waals surface area contributed by atoms with Crippen LogP contribution in [0.1, 0.15) is 13.8 Å². The van der Waals surface area contributed by atoms with Crippen molar-refractivity contribution in [3.05, 3.63) is 34.6 Å². The number of aromatic nitrogens is 2. The van der Waals surface area contributed by atoms with E-state index >= 15 is 0 Å². The second kappa shape index (κ2) is 6.83. The van der Waals surface area contributed by atoms with E-state index in [0.29, 0.717) is 33.1 Å². The van der Waals surface area contributed by atoms with Crippen LogP contribution >= 0.6 is 23.2 Å². The van der Waals surface area contributed by atoms with Gasteiger partial charge in [0.15, 0.2) is 11.6 Å². The average Bonchev–Trinajstić information content (AvgIpc) is 2.47. The van der Waals surface area contributed by atoms with E-state index in [9.17, 15) is 0 Å². The van der Waals surface area contributed by atoms with Crippen molar-refractivity contribution in [2.45, 2.75) is 13.8 Å². The first kappa shape index (κ1) is 15.7. The van der Waals surface area contributed by atoms with Gasteiger partial charge < -0.3 is 16.0 Å². The van der Waals surface area contributed by atoms with E-state index in [4.69, 9.17) is 28.9 Å². The number of nitrogens with zero attached hydrogens (tertiary/aromatic N) is 3. The molecule has 3 N–H and O–H groups in total. The van der Waals surface area contributed by atoms with Gasteiger partial charge in [0.2, 0.25) is 0 Å². The minimum atomic E-state index is 0.484. The van der Waals surface area contributed by atoms with Crippen LogP contribution in [-0.4, -0.2) is 23.1 Å². The summed E-state index contributed by atoms with van der Waals surface area (Å²) < 4.78 is 0. The molecule has 0 saturated carbocycles. The van der Waals surface area contributed by atoms with Crippen LogP contribution in [-0.2, 0) is 0 Å². The maximum atomic E-state index is 6.17. The van der Waals surface area contributed by atoms with E-state index in [0.717, 1.165) is 13.1 Å². The lowest BCUT2D eigenvalue weighted by molar-refractivity contribution is 0.844. The highest BCUT2D eigenvalue weighted by molar-refractivity contribution is 6.35. The molecule has 0 fully saturated rings. The minimum absolute atomic E-state index is 0.484. The number of anilines is 4. The molecule has 0 atom stereocenters. The molecule has 0 aliphatic rings. The summed E-state index contributed by atoms with van der Waals surface area (Å²) in [5.74, 6) is 1.21. The predicted octanol–water partition coefficient (Wildman–Crippen LogP) is 3.96. The molecule has 0 saturated heterocycles. The molecule has 0 amide bonds. The van der Waals surface area contributed by atoms with Crippen molar-refractivity contribution in [3.8, 4) is 0 Å². The first-order chi connectivity index (χ1) is 10.1. The molecule has 0 aliphatic carbocycles. The fourth-order valence-corrected chi connectivity index (χ4v) is 2.32. The van der Waals surface area contributed by atoms with Crippen LogP contribution in [0.15, 0.2) is 24.5 Å². The van der Waals surface area contributed by atoms with E-state index in [-0.39, 0.29) is 0 Å². The molecule has 0 unspecified atom stereocenters. The quantitative estimate of drug-likeness (QED) is 0.871. The van der Waals surface area contributed by atoms with E-state index in [1.54, 1.807) is 18.2 Å². The highest BCUT2D eigenvalue weighted by Gasteiger charge is 2.13. The van der Waals surface area contributed by atoms with Crippen molar-refractivity contribution in [3.63, 3.8) is 0 Å². The molecule has 1 aromatic heterocycles. The Hall–Kier alpha value is -1.72. The van der Waals surface area contributed by atoms with E-state index in [1.807, 2.05) is 13.8 Å². The lowest BCUT2D eigenvalue weighted by Crippen LogP contribution is -2.24. The molecule has 0 aliphatic heterocycles. The van der Waals surface area contributed by atoms with Crippen molar-refractivity contribution < 1.29 is 0 Å². The number of hydrogen-bond acceptors (Lipinski definition) is 5. The monoisotopic (exact) mass is 325 g/mol. The third-order valence-electron chi connectivity index (χ3n) is 3.11. The molecule has 7 heteroatoms. The molecular formula is C14H17Cl2N5. The summed E-state index contributed by atoms with van der Waals surface area (Å²) in [6.07, 6.45) is 1.48. The van der Waals surface area contributed by atoms with Gasteiger partial charge >= 0.3 is 0 Å². The third-order valence-corrected chi connectivity index (χ3v) is 3.67. The number of halogens is 2. The number of benzene rings is 1. The summed E-state index contributed by atoms with van der Waals surface area (Å²) in [5.41, 5.74) is 7.30. The van der Waals surface area contributed by atoms with Gasteiger partial charge in [-0.3, -0.25) is 0 Å². The Morgan fingerprint density at radius 2 is 1.90 bits per heavy atom. The summed E-state index contributed by atoms with van der Waals surface area (Å²) in [6.45, 7) is 5.72. The second-order valence-electron chi connectivity index (χ2n) is 4.38. The number of nitrogens with two attached hydrogens (primary N) is 1. The fourth-order valence-electron chi connectivity index (χ4n) is 1.98. The Morgan fingerprint density at radius 3 is 2.57 bits per heavy atom. The molecule has 21 heavy (non-hydrogen) atoms. The maximum Gasteiger partial charge on any atom is 0.159 e. The zero-order valence-corrected chi connectivity index (χ0v) is 13.4. The molecule has 2 aromatic rings. The number of nitrogen functional groups attached to an aromatic ring is 1.